The Balaban J connectivity index is 1.85. The van der Waals surface area contributed by atoms with Crippen molar-refractivity contribution in [3.63, 3.8) is 0 Å². The molecule has 0 radical (unpaired) electrons. The number of hydrogen-bond donors (Lipinski definition) is 0. The van der Waals surface area contributed by atoms with E-state index < -0.39 is 14.9 Å². The van der Waals surface area contributed by atoms with Crippen molar-refractivity contribution in [1.29, 1.82) is 0 Å². The molecule has 3 rings (SSSR count). The van der Waals surface area contributed by atoms with E-state index in [0.717, 1.165) is 23.9 Å². The molecule has 8 nitrogen and oxygen atoms in total. The van der Waals surface area contributed by atoms with E-state index in [2.05, 4.69) is 9.88 Å². The van der Waals surface area contributed by atoms with E-state index in [9.17, 15) is 18.5 Å². The van der Waals surface area contributed by atoms with Gasteiger partial charge in [0.1, 0.15) is 0 Å². The molecule has 1 aromatic carbocycles. The molecule has 0 unspecified atom stereocenters. The second-order valence-corrected chi connectivity index (χ2v) is 8.73. The molecular weight excluding hydrogens is 356 g/mol. The summed E-state index contributed by atoms with van der Waals surface area (Å²) in [6, 6.07) is 5.06. The Morgan fingerprint density at radius 1 is 1.27 bits per heavy atom. The van der Waals surface area contributed by atoms with Crippen molar-refractivity contribution in [2.75, 3.05) is 30.8 Å². The Hall–Kier alpha value is -2.26. The molecule has 0 saturated carbocycles. The van der Waals surface area contributed by atoms with Crippen LogP contribution in [-0.4, -0.2) is 54.6 Å². The largest absolute Gasteiger partial charge is 0.371 e. The second kappa shape index (κ2) is 7.16. The lowest BCUT2D eigenvalue weighted by Gasteiger charge is -2.37. The van der Waals surface area contributed by atoms with Crippen LogP contribution in [0.15, 0.2) is 30.6 Å². The van der Waals surface area contributed by atoms with Crippen LogP contribution in [0, 0.1) is 10.1 Å². The normalized spacial score (nSPS) is 16.3. The molecule has 1 saturated heterocycles. The number of aromatic nitrogens is 1. The number of rotatable bonds is 5. The van der Waals surface area contributed by atoms with Gasteiger partial charge in [-0.15, -0.1) is 0 Å². The van der Waals surface area contributed by atoms with E-state index in [1.54, 1.807) is 32.3 Å². The smallest absolute Gasteiger partial charge is 0.278 e. The Morgan fingerprint density at radius 3 is 2.58 bits per heavy atom. The third kappa shape index (κ3) is 3.36. The predicted molar refractivity (Wildman–Crippen MR) is 101 cm³/mol. The lowest BCUT2D eigenvalue weighted by molar-refractivity contribution is -0.383. The molecular formula is C17H22N4O4S. The summed E-state index contributed by atoms with van der Waals surface area (Å²) in [5, 5.41) is 12.6. The summed E-state index contributed by atoms with van der Waals surface area (Å²) in [7, 11) is -1.55. The van der Waals surface area contributed by atoms with Crippen LogP contribution in [0.4, 0.5) is 11.4 Å². The minimum Gasteiger partial charge on any atom is -0.371 e. The van der Waals surface area contributed by atoms with Gasteiger partial charge in [-0.25, -0.2) is 12.7 Å². The Kier molecular flexibility index (Phi) is 5.10. The van der Waals surface area contributed by atoms with Gasteiger partial charge in [0, 0.05) is 55.7 Å². The fraction of sp³-hybridized carbons (Fsp3) is 0.471. The van der Waals surface area contributed by atoms with Crippen LogP contribution in [0.1, 0.15) is 19.8 Å². The molecule has 0 bridgehead atoms. The maximum absolute atomic E-state index is 12.1. The highest BCUT2D eigenvalue weighted by atomic mass is 32.2. The first-order chi connectivity index (χ1) is 12.3. The molecule has 0 amide bonds. The fourth-order valence-corrected chi connectivity index (χ4v) is 4.57. The van der Waals surface area contributed by atoms with Crippen LogP contribution in [0.5, 0.6) is 0 Å². The van der Waals surface area contributed by atoms with Gasteiger partial charge in [0.25, 0.3) is 5.69 Å². The van der Waals surface area contributed by atoms with Crippen molar-refractivity contribution in [3.05, 3.63) is 40.7 Å². The molecule has 2 heterocycles. The number of anilines is 1. The molecule has 0 N–H and O–H groups in total. The zero-order valence-electron chi connectivity index (χ0n) is 14.8. The van der Waals surface area contributed by atoms with Crippen LogP contribution >= 0.6 is 0 Å². The summed E-state index contributed by atoms with van der Waals surface area (Å²) >= 11 is 0. The van der Waals surface area contributed by atoms with Gasteiger partial charge in [0.15, 0.2) is 0 Å². The SMILES string of the molecule is CCS(=O)(=O)N(C)C1CCN(c2ccc([N+](=O)[O-])c3cnccc23)CC1. The molecule has 0 aliphatic carbocycles. The molecule has 1 aliphatic rings. The number of nitrogens with zero attached hydrogens (tertiary/aromatic N) is 4. The lowest BCUT2D eigenvalue weighted by atomic mass is 10.0. The van der Waals surface area contributed by atoms with E-state index in [1.807, 2.05) is 0 Å². The standard InChI is InChI=1S/C17H22N4O4S/c1-3-26(24,25)19(2)13-7-10-20(11-8-13)16-4-5-17(21(22)23)15-12-18-9-6-14(15)16/h4-6,9,12-13H,3,7-8,10-11H2,1-2H3. The van der Waals surface area contributed by atoms with Crippen LogP contribution < -0.4 is 4.90 Å². The summed E-state index contributed by atoms with van der Waals surface area (Å²) in [6.45, 7) is 3.05. The molecule has 0 spiro atoms. The summed E-state index contributed by atoms with van der Waals surface area (Å²) < 4.78 is 25.6. The number of nitro groups is 1. The van der Waals surface area contributed by atoms with E-state index in [-0.39, 0.29) is 17.5 Å². The minimum atomic E-state index is -3.20. The Bertz CT molecular complexity index is 924. The zero-order chi connectivity index (χ0) is 18.9. The minimum absolute atomic E-state index is 0.0119. The number of benzene rings is 1. The van der Waals surface area contributed by atoms with Crippen molar-refractivity contribution < 1.29 is 13.3 Å². The van der Waals surface area contributed by atoms with Crippen molar-refractivity contribution in [2.45, 2.75) is 25.8 Å². The fourth-order valence-electron chi connectivity index (χ4n) is 3.50. The predicted octanol–water partition coefficient (Wildman–Crippen LogP) is 2.39. The number of nitro benzene ring substituents is 1. The average molecular weight is 378 g/mol. The first-order valence-electron chi connectivity index (χ1n) is 8.57. The Labute approximate surface area is 152 Å². The summed E-state index contributed by atoms with van der Waals surface area (Å²) in [6.07, 6.45) is 4.59. The highest BCUT2D eigenvalue weighted by molar-refractivity contribution is 7.89. The Morgan fingerprint density at radius 2 is 1.96 bits per heavy atom. The highest BCUT2D eigenvalue weighted by Gasteiger charge is 2.29. The average Bonchev–Trinajstić information content (AvgIpc) is 2.66. The molecule has 1 aromatic heterocycles. The third-order valence-electron chi connectivity index (χ3n) is 5.09. The first-order valence-corrected chi connectivity index (χ1v) is 10.2. The summed E-state index contributed by atoms with van der Waals surface area (Å²) in [5.41, 5.74) is 0.966. The van der Waals surface area contributed by atoms with Gasteiger partial charge in [-0.05, 0) is 31.9 Å². The van der Waals surface area contributed by atoms with Gasteiger partial charge in [-0.1, -0.05) is 0 Å². The highest BCUT2D eigenvalue weighted by Crippen LogP contribution is 2.34. The van der Waals surface area contributed by atoms with E-state index in [4.69, 9.17) is 0 Å². The first kappa shape index (κ1) is 18.5. The molecule has 1 aliphatic heterocycles. The van der Waals surface area contributed by atoms with Gasteiger partial charge in [-0.3, -0.25) is 15.1 Å². The molecule has 1 fully saturated rings. The topological polar surface area (TPSA) is 96.7 Å². The molecule has 2 aromatic rings. The van der Waals surface area contributed by atoms with Gasteiger partial charge in [-0.2, -0.15) is 0 Å². The van der Waals surface area contributed by atoms with E-state index in [1.165, 1.54) is 16.6 Å². The van der Waals surface area contributed by atoms with Gasteiger partial charge < -0.3 is 4.90 Å². The summed E-state index contributed by atoms with van der Waals surface area (Å²) in [4.78, 5) is 17.0. The van der Waals surface area contributed by atoms with Gasteiger partial charge in [0.2, 0.25) is 10.0 Å². The molecule has 9 heteroatoms. The number of fused-ring (bicyclic) bond motifs is 1. The van der Waals surface area contributed by atoms with Crippen molar-refractivity contribution in [3.8, 4) is 0 Å². The monoisotopic (exact) mass is 378 g/mol. The van der Waals surface area contributed by atoms with E-state index >= 15 is 0 Å². The third-order valence-corrected chi connectivity index (χ3v) is 7.00. The summed E-state index contributed by atoms with van der Waals surface area (Å²) in [5.74, 6) is 0.101. The van der Waals surface area contributed by atoms with Crippen molar-refractivity contribution in [1.82, 2.24) is 9.29 Å². The molecule has 140 valence electrons. The number of non-ortho nitro benzene ring substituents is 1. The number of pyridine rings is 1. The van der Waals surface area contributed by atoms with Crippen LogP contribution in [0.25, 0.3) is 10.8 Å². The quantitative estimate of drug-likeness (QED) is 0.585. The van der Waals surface area contributed by atoms with Crippen molar-refractivity contribution in [2.24, 2.45) is 0 Å². The van der Waals surface area contributed by atoms with Gasteiger partial charge >= 0.3 is 0 Å². The van der Waals surface area contributed by atoms with Crippen molar-refractivity contribution >= 4 is 32.2 Å². The number of hydrogen-bond acceptors (Lipinski definition) is 6. The maximum Gasteiger partial charge on any atom is 0.278 e. The van der Waals surface area contributed by atoms with E-state index in [0.29, 0.717) is 18.5 Å². The van der Waals surface area contributed by atoms with Crippen LogP contribution in [0.3, 0.4) is 0 Å². The van der Waals surface area contributed by atoms with Crippen LogP contribution in [-0.2, 0) is 10.0 Å². The lowest BCUT2D eigenvalue weighted by Crippen LogP contribution is -2.46. The van der Waals surface area contributed by atoms with Gasteiger partial charge in [0.05, 0.1) is 16.1 Å². The second-order valence-electron chi connectivity index (χ2n) is 6.42. The van der Waals surface area contributed by atoms with Crippen LogP contribution in [0.2, 0.25) is 0 Å². The maximum atomic E-state index is 12.1. The molecule has 0 atom stereocenters. The number of piperidine rings is 1. The molecule has 26 heavy (non-hydrogen) atoms. The number of sulfonamides is 1. The zero-order valence-corrected chi connectivity index (χ0v) is 15.6.